The second kappa shape index (κ2) is 5.32. The molecule has 2 rings (SSSR count). The number of thioether (sulfide) groups is 1. The Morgan fingerprint density at radius 1 is 1.60 bits per heavy atom. The van der Waals surface area contributed by atoms with Crippen molar-refractivity contribution in [3.05, 3.63) is 0 Å². The van der Waals surface area contributed by atoms with Crippen LogP contribution in [0.4, 0.5) is 0 Å². The molecule has 0 N–H and O–H groups in total. The molecule has 2 aliphatic heterocycles. The Labute approximate surface area is 95.5 Å². The highest BCUT2D eigenvalue weighted by Crippen LogP contribution is 2.22. The molecule has 0 radical (unpaired) electrons. The molecule has 0 saturated carbocycles. The molecular weight excluding hydrogens is 210 g/mol. The van der Waals surface area contributed by atoms with Gasteiger partial charge in [0.15, 0.2) is 0 Å². The molecule has 4 heteroatoms. The van der Waals surface area contributed by atoms with Gasteiger partial charge in [-0.1, -0.05) is 0 Å². The molecule has 2 atom stereocenters. The SMILES string of the molecule is CN(CC1COCCC1=O)C1CCSC1. The summed E-state index contributed by atoms with van der Waals surface area (Å²) in [6, 6.07) is 0.671. The number of ether oxygens (including phenoxy) is 1. The van der Waals surface area contributed by atoms with E-state index >= 15 is 0 Å². The number of hydrogen-bond donors (Lipinski definition) is 0. The second-order valence-electron chi connectivity index (χ2n) is 4.45. The van der Waals surface area contributed by atoms with Crippen LogP contribution in [0.1, 0.15) is 12.8 Å². The third-order valence-corrected chi connectivity index (χ3v) is 4.45. The Balaban J connectivity index is 1.81. The molecule has 15 heavy (non-hydrogen) atoms. The lowest BCUT2D eigenvalue weighted by Gasteiger charge is -2.29. The number of carbonyl (C=O) groups is 1. The van der Waals surface area contributed by atoms with E-state index in [1.165, 1.54) is 17.9 Å². The van der Waals surface area contributed by atoms with Crippen LogP contribution in [0.5, 0.6) is 0 Å². The van der Waals surface area contributed by atoms with Crippen LogP contribution in [-0.4, -0.2) is 55.0 Å². The van der Waals surface area contributed by atoms with Gasteiger partial charge < -0.3 is 9.64 Å². The monoisotopic (exact) mass is 229 g/mol. The van der Waals surface area contributed by atoms with Crippen molar-refractivity contribution < 1.29 is 9.53 Å². The summed E-state index contributed by atoms with van der Waals surface area (Å²) in [4.78, 5) is 14.0. The second-order valence-corrected chi connectivity index (χ2v) is 5.59. The number of rotatable bonds is 3. The van der Waals surface area contributed by atoms with Crippen molar-refractivity contribution in [2.75, 3.05) is 38.3 Å². The van der Waals surface area contributed by atoms with Gasteiger partial charge in [-0.3, -0.25) is 4.79 Å². The van der Waals surface area contributed by atoms with E-state index in [-0.39, 0.29) is 5.92 Å². The number of Topliss-reactive ketones (excluding diaryl/α,β-unsaturated/α-hetero) is 1. The zero-order valence-corrected chi connectivity index (χ0v) is 10.1. The summed E-state index contributed by atoms with van der Waals surface area (Å²) in [7, 11) is 2.14. The molecule has 0 aliphatic carbocycles. The topological polar surface area (TPSA) is 29.5 Å². The van der Waals surface area contributed by atoms with Gasteiger partial charge in [-0.25, -0.2) is 0 Å². The largest absolute Gasteiger partial charge is 0.380 e. The molecule has 0 aromatic carbocycles. The summed E-state index contributed by atoms with van der Waals surface area (Å²) in [5.41, 5.74) is 0. The van der Waals surface area contributed by atoms with E-state index in [4.69, 9.17) is 4.74 Å². The van der Waals surface area contributed by atoms with E-state index in [0.717, 1.165) is 6.54 Å². The van der Waals surface area contributed by atoms with E-state index in [1.807, 2.05) is 11.8 Å². The van der Waals surface area contributed by atoms with Crippen LogP contribution in [0.2, 0.25) is 0 Å². The van der Waals surface area contributed by atoms with Gasteiger partial charge in [0.1, 0.15) is 5.78 Å². The third-order valence-electron chi connectivity index (χ3n) is 3.30. The Morgan fingerprint density at radius 3 is 3.13 bits per heavy atom. The zero-order valence-electron chi connectivity index (χ0n) is 9.28. The fourth-order valence-electron chi connectivity index (χ4n) is 2.22. The Bertz CT molecular complexity index is 229. The Hall–Kier alpha value is -0.0600. The number of nitrogens with zero attached hydrogens (tertiary/aromatic N) is 1. The molecule has 0 spiro atoms. The molecule has 0 bridgehead atoms. The van der Waals surface area contributed by atoms with E-state index in [2.05, 4.69) is 11.9 Å². The minimum absolute atomic E-state index is 0.120. The molecule has 86 valence electrons. The maximum Gasteiger partial charge on any atom is 0.141 e. The highest BCUT2D eigenvalue weighted by molar-refractivity contribution is 7.99. The van der Waals surface area contributed by atoms with Crippen molar-refractivity contribution in [1.29, 1.82) is 0 Å². The van der Waals surface area contributed by atoms with Gasteiger partial charge in [0.2, 0.25) is 0 Å². The van der Waals surface area contributed by atoms with Crippen LogP contribution in [0, 0.1) is 5.92 Å². The third kappa shape index (κ3) is 2.95. The van der Waals surface area contributed by atoms with Gasteiger partial charge >= 0.3 is 0 Å². The van der Waals surface area contributed by atoms with E-state index in [9.17, 15) is 4.79 Å². The lowest BCUT2D eigenvalue weighted by Crippen LogP contribution is -2.41. The van der Waals surface area contributed by atoms with Crippen molar-refractivity contribution >= 4 is 17.5 Å². The first-order chi connectivity index (χ1) is 7.27. The van der Waals surface area contributed by atoms with Gasteiger partial charge in [0, 0.05) is 24.8 Å². The summed E-state index contributed by atoms with van der Waals surface area (Å²) < 4.78 is 5.36. The minimum atomic E-state index is 0.120. The van der Waals surface area contributed by atoms with Crippen LogP contribution >= 0.6 is 11.8 Å². The van der Waals surface area contributed by atoms with Gasteiger partial charge in [-0.05, 0) is 19.2 Å². The van der Waals surface area contributed by atoms with Crippen molar-refractivity contribution in [3.63, 3.8) is 0 Å². The highest BCUT2D eigenvalue weighted by Gasteiger charge is 2.27. The number of hydrogen-bond acceptors (Lipinski definition) is 4. The maximum absolute atomic E-state index is 11.6. The normalized spacial score (nSPS) is 32.5. The van der Waals surface area contributed by atoms with Crippen molar-refractivity contribution in [2.24, 2.45) is 5.92 Å². The van der Waals surface area contributed by atoms with Crippen molar-refractivity contribution in [3.8, 4) is 0 Å². The first kappa shape index (κ1) is 11.4. The van der Waals surface area contributed by atoms with Crippen LogP contribution < -0.4 is 0 Å². The molecule has 0 aromatic rings. The molecule has 2 aliphatic rings. The minimum Gasteiger partial charge on any atom is -0.380 e. The average Bonchev–Trinajstić information content (AvgIpc) is 2.74. The maximum atomic E-state index is 11.6. The van der Waals surface area contributed by atoms with Gasteiger partial charge in [0.25, 0.3) is 0 Å². The fraction of sp³-hybridized carbons (Fsp3) is 0.909. The smallest absolute Gasteiger partial charge is 0.141 e. The summed E-state index contributed by atoms with van der Waals surface area (Å²) in [6.45, 7) is 2.13. The van der Waals surface area contributed by atoms with Gasteiger partial charge in [-0.15, -0.1) is 0 Å². The molecule has 0 amide bonds. The molecule has 2 fully saturated rings. The summed E-state index contributed by atoms with van der Waals surface area (Å²) in [6.07, 6.45) is 1.88. The molecule has 3 nitrogen and oxygen atoms in total. The quantitative estimate of drug-likeness (QED) is 0.723. The Kier molecular flexibility index (Phi) is 4.05. The van der Waals surface area contributed by atoms with Gasteiger partial charge in [0.05, 0.1) is 19.1 Å². The molecular formula is C11H19NO2S. The molecule has 2 unspecified atom stereocenters. The summed E-state index contributed by atoms with van der Waals surface area (Å²) in [5, 5.41) is 0. The first-order valence-corrected chi connectivity index (χ1v) is 6.81. The predicted molar refractivity (Wildman–Crippen MR) is 62.3 cm³/mol. The molecule has 0 aromatic heterocycles. The van der Waals surface area contributed by atoms with Crippen molar-refractivity contribution in [2.45, 2.75) is 18.9 Å². The van der Waals surface area contributed by atoms with Gasteiger partial charge in [-0.2, -0.15) is 11.8 Å². The fourth-order valence-corrected chi connectivity index (χ4v) is 3.51. The van der Waals surface area contributed by atoms with E-state index in [0.29, 0.717) is 31.5 Å². The zero-order chi connectivity index (χ0) is 10.7. The average molecular weight is 229 g/mol. The van der Waals surface area contributed by atoms with Crippen LogP contribution in [0.25, 0.3) is 0 Å². The van der Waals surface area contributed by atoms with E-state index in [1.54, 1.807) is 0 Å². The van der Waals surface area contributed by atoms with Crippen molar-refractivity contribution in [1.82, 2.24) is 4.90 Å². The lowest BCUT2D eigenvalue weighted by molar-refractivity contribution is -0.131. The van der Waals surface area contributed by atoms with Crippen LogP contribution in [0.3, 0.4) is 0 Å². The van der Waals surface area contributed by atoms with E-state index < -0.39 is 0 Å². The standard InChI is InChI=1S/C11H19NO2S/c1-12(10-3-5-15-8-10)6-9-7-14-4-2-11(9)13/h9-10H,2-8H2,1H3. The number of carbonyl (C=O) groups excluding carboxylic acids is 1. The lowest BCUT2D eigenvalue weighted by atomic mass is 9.99. The molecule has 2 heterocycles. The first-order valence-electron chi connectivity index (χ1n) is 5.66. The molecule has 2 saturated heterocycles. The highest BCUT2D eigenvalue weighted by atomic mass is 32.2. The van der Waals surface area contributed by atoms with Crippen LogP contribution in [0.15, 0.2) is 0 Å². The predicted octanol–water partition coefficient (Wildman–Crippen LogP) is 1.03. The number of ketones is 1. The Morgan fingerprint density at radius 2 is 2.47 bits per heavy atom. The summed E-state index contributed by atoms with van der Waals surface area (Å²) >= 11 is 2.02. The summed E-state index contributed by atoms with van der Waals surface area (Å²) in [5.74, 6) is 3.00. The van der Waals surface area contributed by atoms with Crippen LogP contribution in [-0.2, 0) is 9.53 Å².